The van der Waals surface area contributed by atoms with Crippen molar-refractivity contribution in [1.29, 1.82) is 0 Å². The van der Waals surface area contributed by atoms with Gasteiger partial charge in [-0.3, -0.25) is 15.4 Å². The molecule has 0 radical (unpaired) electrons. The van der Waals surface area contributed by atoms with Crippen LogP contribution in [0.1, 0.15) is 11.4 Å². The number of rotatable bonds is 19. The maximum atomic E-state index is 14.0. The van der Waals surface area contributed by atoms with Crippen LogP contribution in [0.2, 0.25) is 0 Å². The molecule has 18 heteroatoms. The summed E-state index contributed by atoms with van der Waals surface area (Å²) in [6, 6.07) is 26.3. The fourth-order valence-corrected chi connectivity index (χ4v) is 8.03. The van der Waals surface area contributed by atoms with Gasteiger partial charge in [-0.1, -0.05) is 0 Å². The van der Waals surface area contributed by atoms with E-state index in [4.69, 9.17) is 65.8 Å². The molecule has 2 heterocycles. The number of methoxy groups -OCH3 is 2. The minimum absolute atomic E-state index is 0.210. The fourth-order valence-electron chi connectivity index (χ4n) is 7.22. The molecule has 326 valence electrons. The van der Waals surface area contributed by atoms with Crippen LogP contribution in [0.15, 0.2) is 91.0 Å². The van der Waals surface area contributed by atoms with Crippen LogP contribution >= 0.6 is 46.4 Å². The average molecular weight is 925 g/mol. The van der Waals surface area contributed by atoms with E-state index in [9.17, 15) is 19.8 Å². The third-order valence-corrected chi connectivity index (χ3v) is 10.7. The number of halogens is 4. The van der Waals surface area contributed by atoms with Crippen molar-refractivity contribution in [1.82, 2.24) is 9.97 Å². The summed E-state index contributed by atoms with van der Waals surface area (Å²) in [7, 11) is 3.06. The number of hydrogen-bond donors (Lipinski definition) is 3. The Hall–Kier alpha value is -5.80. The zero-order valence-electron chi connectivity index (χ0n) is 34.5. The van der Waals surface area contributed by atoms with Gasteiger partial charge in [-0.2, -0.15) is 10.0 Å². The average Bonchev–Trinajstić information content (AvgIpc) is 3.26. The van der Waals surface area contributed by atoms with Crippen LogP contribution in [0.25, 0.3) is 21.8 Å². The molecule has 14 nitrogen and oxygen atoms in total. The highest BCUT2D eigenvalue weighted by atomic mass is 35.5. The van der Waals surface area contributed by atoms with E-state index in [-0.39, 0.29) is 22.7 Å². The van der Waals surface area contributed by atoms with Crippen molar-refractivity contribution in [3.63, 3.8) is 0 Å². The highest BCUT2D eigenvalue weighted by Gasteiger charge is 2.33. The normalized spacial score (nSPS) is 11.0. The number of carboxylic acid groups (broad SMARTS) is 2. The fraction of sp³-hybridized carbons (Fsp3) is 0.273. The molecule has 0 saturated heterocycles. The van der Waals surface area contributed by atoms with Crippen LogP contribution in [0.4, 0.5) is 49.4 Å². The molecule has 0 spiro atoms. The molecule has 0 fully saturated rings. The van der Waals surface area contributed by atoms with Gasteiger partial charge in [-0.05, 0) is 98.8 Å². The molecule has 0 saturated carbocycles. The lowest BCUT2D eigenvalue weighted by Gasteiger charge is -2.38. The van der Waals surface area contributed by atoms with Gasteiger partial charge in [-0.25, -0.2) is 14.6 Å². The maximum Gasteiger partial charge on any atom is 0.431 e. The zero-order chi connectivity index (χ0) is 44.5. The molecule has 2 amide bonds. The van der Waals surface area contributed by atoms with Crippen molar-refractivity contribution in [2.75, 3.05) is 94.2 Å². The molecule has 0 aliphatic rings. The predicted octanol–water partition coefficient (Wildman–Crippen LogP) is 10.7. The van der Waals surface area contributed by atoms with Crippen LogP contribution in [0.5, 0.6) is 11.5 Å². The Kier molecular flexibility index (Phi) is 15.4. The Morgan fingerprint density at radius 2 is 1.13 bits per heavy atom. The summed E-state index contributed by atoms with van der Waals surface area (Å²) < 4.78 is 11.1. The molecule has 0 aliphatic carbocycles. The van der Waals surface area contributed by atoms with E-state index in [1.807, 2.05) is 21.9 Å². The summed E-state index contributed by atoms with van der Waals surface area (Å²) in [5.41, 5.74) is 8.01. The molecular weight excluding hydrogens is 878 g/mol. The van der Waals surface area contributed by atoms with Crippen molar-refractivity contribution in [3.05, 3.63) is 102 Å². The van der Waals surface area contributed by atoms with Crippen molar-refractivity contribution in [3.8, 4) is 11.5 Å². The highest BCUT2D eigenvalue weighted by molar-refractivity contribution is 6.19. The number of aromatic nitrogens is 2. The lowest BCUT2D eigenvalue weighted by atomic mass is 10.1. The van der Waals surface area contributed by atoms with Gasteiger partial charge >= 0.3 is 12.2 Å². The summed E-state index contributed by atoms with van der Waals surface area (Å²) in [4.78, 5) is 41.1. The number of nitrogens with one attached hydrogen (secondary N) is 1. The molecule has 0 bridgehead atoms. The summed E-state index contributed by atoms with van der Waals surface area (Å²) >= 11 is 24.5. The molecule has 0 aliphatic heterocycles. The number of carbonyl (C=O) groups is 2. The van der Waals surface area contributed by atoms with E-state index in [1.54, 1.807) is 99.8 Å². The van der Waals surface area contributed by atoms with E-state index in [0.717, 1.165) is 21.4 Å². The third-order valence-electron chi connectivity index (χ3n) is 10.1. The first-order valence-corrected chi connectivity index (χ1v) is 21.6. The van der Waals surface area contributed by atoms with Gasteiger partial charge in [0, 0.05) is 83.6 Å². The standard InChI is InChI=1S/C44H46Cl4N8O6/c1-28-25-40(36-15-13-35(62-4)27-39(36)49-28)56(44(59)60)55(33-11-7-31(8-12-33)53(23-19-47)24-20-48)42-29(2)50-38-16-14-34(61-3)26-37(38)41(42)51-54(43(57)58)32-9-5-30(6-10-32)52(21-17-45)22-18-46/h5-16,25-27H,17-24H2,1-4H3,(H,50,51)(H,57,58)(H,59,60). The largest absolute Gasteiger partial charge is 0.497 e. The highest BCUT2D eigenvalue weighted by Crippen LogP contribution is 2.45. The summed E-state index contributed by atoms with van der Waals surface area (Å²) in [5.74, 6) is 2.46. The van der Waals surface area contributed by atoms with Gasteiger partial charge in [0.25, 0.3) is 0 Å². The van der Waals surface area contributed by atoms with Gasteiger partial charge in [-0.15, -0.1) is 46.4 Å². The summed E-state index contributed by atoms with van der Waals surface area (Å²) in [6.07, 6.45) is -2.70. The molecule has 6 rings (SSSR count). The Labute approximate surface area is 379 Å². The van der Waals surface area contributed by atoms with E-state index >= 15 is 0 Å². The van der Waals surface area contributed by atoms with Crippen LogP contribution < -0.4 is 39.7 Å². The van der Waals surface area contributed by atoms with Gasteiger partial charge < -0.3 is 29.5 Å². The smallest absolute Gasteiger partial charge is 0.431 e. The number of ether oxygens (including phenoxy) is 2. The number of anilines is 7. The number of nitrogens with zero attached hydrogens (tertiary/aromatic N) is 7. The second-order valence-electron chi connectivity index (χ2n) is 13.9. The van der Waals surface area contributed by atoms with Crippen molar-refractivity contribution in [2.24, 2.45) is 0 Å². The minimum atomic E-state index is -1.36. The number of hydrogen-bond acceptors (Lipinski definition) is 10. The summed E-state index contributed by atoms with van der Waals surface area (Å²) in [5, 5.41) is 26.8. The number of pyridine rings is 2. The first kappa shape index (κ1) is 45.7. The first-order valence-electron chi connectivity index (χ1n) is 19.5. The SMILES string of the molecule is COc1ccc2c(N(C(=O)O)N(c3ccc(N(CCCl)CCCl)cc3)c3c(C)nc4ccc(OC)cc4c3NN(C(=O)O)c3ccc(N(CCCl)CCCl)cc3)cc(C)nc2c1. The van der Waals surface area contributed by atoms with Crippen molar-refractivity contribution in [2.45, 2.75) is 13.8 Å². The number of hydrazine groups is 2. The molecule has 3 N–H and O–H groups in total. The Balaban J connectivity index is 1.65. The topological polar surface area (TPSA) is 147 Å². The Morgan fingerprint density at radius 3 is 1.65 bits per heavy atom. The quantitative estimate of drug-likeness (QED) is 0.0525. The minimum Gasteiger partial charge on any atom is -0.497 e. The molecule has 62 heavy (non-hydrogen) atoms. The molecule has 4 aromatic carbocycles. The van der Waals surface area contributed by atoms with Gasteiger partial charge in [0.05, 0.1) is 53.7 Å². The van der Waals surface area contributed by atoms with Crippen LogP contribution in [-0.4, -0.2) is 96.3 Å². The number of amides is 2. The van der Waals surface area contributed by atoms with Gasteiger partial charge in [0.2, 0.25) is 0 Å². The Bertz CT molecular complexity index is 2510. The number of fused-ring (bicyclic) bond motifs is 2. The molecule has 6 aromatic rings. The second kappa shape index (κ2) is 20.8. The number of alkyl halides is 4. The zero-order valence-corrected chi connectivity index (χ0v) is 37.5. The van der Waals surface area contributed by atoms with E-state index in [2.05, 4.69) is 5.43 Å². The predicted molar refractivity (Wildman–Crippen MR) is 253 cm³/mol. The van der Waals surface area contributed by atoms with Crippen LogP contribution in [-0.2, 0) is 0 Å². The third kappa shape index (κ3) is 9.94. The lowest BCUT2D eigenvalue weighted by Crippen LogP contribution is -2.45. The number of aryl methyl sites for hydroxylation is 2. The van der Waals surface area contributed by atoms with Gasteiger partial charge in [0.15, 0.2) is 0 Å². The van der Waals surface area contributed by atoms with Crippen LogP contribution in [0.3, 0.4) is 0 Å². The summed E-state index contributed by atoms with van der Waals surface area (Å²) in [6.45, 7) is 5.63. The number of benzene rings is 4. The van der Waals surface area contributed by atoms with E-state index in [0.29, 0.717) is 100 Å². The molecular formula is C44H46Cl4N8O6. The molecule has 0 atom stereocenters. The van der Waals surface area contributed by atoms with E-state index < -0.39 is 12.2 Å². The van der Waals surface area contributed by atoms with Crippen molar-refractivity contribution >= 4 is 120 Å². The van der Waals surface area contributed by atoms with E-state index in [1.165, 1.54) is 12.1 Å². The maximum absolute atomic E-state index is 14.0. The second-order valence-corrected chi connectivity index (χ2v) is 15.4. The van der Waals surface area contributed by atoms with Crippen LogP contribution in [0, 0.1) is 13.8 Å². The first-order chi connectivity index (χ1) is 30.0. The lowest BCUT2D eigenvalue weighted by molar-refractivity contribution is 0.201. The van der Waals surface area contributed by atoms with Gasteiger partial charge in [0.1, 0.15) is 17.2 Å². The van der Waals surface area contributed by atoms with Crippen molar-refractivity contribution < 1.29 is 29.3 Å². The molecule has 2 aromatic heterocycles. The molecule has 0 unspecified atom stereocenters. The Morgan fingerprint density at radius 1 is 0.613 bits per heavy atom. The monoisotopic (exact) mass is 922 g/mol.